The van der Waals surface area contributed by atoms with Crippen LogP contribution >= 0.6 is 0 Å². The van der Waals surface area contributed by atoms with Gasteiger partial charge in [0, 0.05) is 0 Å². The van der Waals surface area contributed by atoms with E-state index in [-0.39, 0.29) is 11.4 Å². The van der Waals surface area contributed by atoms with Crippen molar-refractivity contribution in [3.05, 3.63) is 29.3 Å². The molecule has 0 saturated carbocycles. The van der Waals surface area contributed by atoms with Crippen molar-refractivity contribution in [2.75, 3.05) is 0 Å². The molecule has 0 aromatic heterocycles. The predicted octanol–water partition coefficient (Wildman–Crippen LogP) is 4.24. The Morgan fingerprint density at radius 3 is 1.85 bits per heavy atom. The van der Waals surface area contributed by atoms with E-state index >= 15 is 0 Å². The summed E-state index contributed by atoms with van der Waals surface area (Å²) in [6.45, 7) is 20.1. The number of carbonyl (C=O) groups is 1. The standard InChI is InChI=1S/C21H33BO4/c1-18(2,3)15-11-14(17(23)24-19(4,5)6)12-16(13-15)22-25-20(7,8)21(9,10)26-22/h11-13H,1-10H3. The minimum Gasteiger partial charge on any atom is -0.456 e. The molecule has 1 heterocycles. The van der Waals surface area contributed by atoms with Gasteiger partial charge in [0.25, 0.3) is 0 Å². The van der Waals surface area contributed by atoms with E-state index in [0.717, 1.165) is 11.0 Å². The quantitative estimate of drug-likeness (QED) is 0.585. The van der Waals surface area contributed by atoms with Crippen LogP contribution in [0.3, 0.4) is 0 Å². The normalized spacial score (nSPS) is 19.5. The molecular formula is C21H33BO4. The zero-order valence-corrected chi connectivity index (χ0v) is 17.9. The van der Waals surface area contributed by atoms with Gasteiger partial charge in [0.1, 0.15) is 5.60 Å². The van der Waals surface area contributed by atoms with Crippen LogP contribution in [0.25, 0.3) is 0 Å². The van der Waals surface area contributed by atoms with Crippen LogP contribution in [0.5, 0.6) is 0 Å². The van der Waals surface area contributed by atoms with Crippen molar-refractivity contribution in [2.45, 2.75) is 91.5 Å². The molecule has 5 heteroatoms. The lowest BCUT2D eigenvalue weighted by Gasteiger charge is -2.32. The van der Waals surface area contributed by atoms with Crippen molar-refractivity contribution >= 4 is 18.6 Å². The number of esters is 1. The zero-order valence-electron chi connectivity index (χ0n) is 17.9. The van der Waals surface area contributed by atoms with E-state index in [0.29, 0.717) is 5.56 Å². The first-order valence-electron chi connectivity index (χ1n) is 9.26. The van der Waals surface area contributed by atoms with Gasteiger partial charge in [0.2, 0.25) is 0 Å². The Kier molecular flexibility index (Phi) is 5.15. The van der Waals surface area contributed by atoms with Crippen molar-refractivity contribution in [2.24, 2.45) is 0 Å². The molecule has 0 amide bonds. The third-order valence-electron chi connectivity index (χ3n) is 4.98. The summed E-state index contributed by atoms with van der Waals surface area (Å²) in [6, 6.07) is 5.80. The Labute approximate surface area is 158 Å². The van der Waals surface area contributed by atoms with E-state index in [1.807, 2.05) is 60.6 Å². The molecule has 1 aromatic carbocycles. The van der Waals surface area contributed by atoms with Crippen molar-refractivity contribution < 1.29 is 18.8 Å². The van der Waals surface area contributed by atoms with Gasteiger partial charge in [-0.2, -0.15) is 0 Å². The Hall–Kier alpha value is -1.33. The maximum atomic E-state index is 12.7. The molecule has 0 unspecified atom stereocenters. The van der Waals surface area contributed by atoms with Gasteiger partial charge in [0.05, 0.1) is 16.8 Å². The molecule has 0 radical (unpaired) electrons. The molecule has 1 fully saturated rings. The van der Waals surface area contributed by atoms with Gasteiger partial charge in [-0.05, 0) is 77.0 Å². The number of rotatable bonds is 2. The summed E-state index contributed by atoms with van der Waals surface area (Å²) in [7, 11) is -0.511. The number of hydrogen-bond acceptors (Lipinski definition) is 4. The van der Waals surface area contributed by atoms with Crippen LogP contribution in [-0.2, 0) is 19.5 Å². The molecule has 1 saturated heterocycles. The van der Waals surface area contributed by atoms with Gasteiger partial charge in [-0.25, -0.2) is 4.79 Å². The lowest BCUT2D eigenvalue weighted by molar-refractivity contribution is 0.00578. The molecule has 4 nitrogen and oxygen atoms in total. The molecule has 144 valence electrons. The van der Waals surface area contributed by atoms with Crippen molar-refractivity contribution in [3.8, 4) is 0 Å². The fourth-order valence-electron chi connectivity index (χ4n) is 2.65. The average Bonchev–Trinajstić information content (AvgIpc) is 2.64. The third kappa shape index (κ3) is 4.50. The zero-order chi connectivity index (χ0) is 20.1. The molecule has 2 rings (SSSR count). The summed E-state index contributed by atoms with van der Waals surface area (Å²) in [5, 5.41) is 0. The predicted molar refractivity (Wildman–Crippen MR) is 106 cm³/mol. The average molecular weight is 360 g/mol. The van der Waals surface area contributed by atoms with Gasteiger partial charge in [-0.15, -0.1) is 0 Å². The Morgan fingerprint density at radius 2 is 1.42 bits per heavy atom. The number of ether oxygens (including phenoxy) is 1. The third-order valence-corrected chi connectivity index (χ3v) is 4.98. The second kappa shape index (κ2) is 6.38. The monoisotopic (exact) mass is 360 g/mol. The summed E-state index contributed by atoms with van der Waals surface area (Å²) in [4.78, 5) is 12.7. The van der Waals surface area contributed by atoms with Gasteiger partial charge >= 0.3 is 13.1 Å². The molecule has 26 heavy (non-hydrogen) atoms. The van der Waals surface area contributed by atoms with Crippen LogP contribution < -0.4 is 5.46 Å². The van der Waals surface area contributed by atoms with Crippen LogP contribution in [-0.4, -0.2) is 29.9 Å². The highest BCUT2D eigenvalue weighted by Crippen LogP contribution is 2.37. The lowest BCUT2D eigenvalue weighted by Crippen LogP contribution is -2.41. The molecular weight excluding hydrogens is 327 g/mol. The smallest absolute Gasteiger partial charge is 0.456 e. The molecule has 0 aliphatic carbocycles. The number of carbonyl (C=O) groups excluding carboxylic acids is 1. The fourth-order valence-corrected chi connectivity index (χ4v) is 2.65. The van der Waals surface area contributed by atoms with E-state index < -0.39 is 23.9 Å². The summed E-state index contributed by atoms with van der Waals surface area (Å²) in [5.74, 6) is -0.332. The molecule has 0 spiro atoms. The maximum Gasteiger partial charge on any atom is 0.494 e. The van der Waals surface area contributed by atoms with E-state index in [9.17, 15) is 4.79 Å². The van der Waals surface area contributed by atoms with Crippen LogP contribution in [0, 0.1) is 0 Å². The molecule has 1 aliphatic rings. The van der Waals surface area contributed by atoms with Crippen LogP contribution in [0.15, 0.2) is 18.2 Å². The van der Waals surface area contributed by atoms with Crippen molar-refractivity contribution in [1.82, 2.24) is 0 Å². The minimum absolute atomic E-state index is 0.115. The maximum absolute atomic E-state index is 12.7. The van der Waals surface area contributed by atoms with E-state index in [4.69, 9.17) is 14.0 Å². The summed E-state index contributed by atoms with van der Waals surface area (Å²) < 4.78 is 17.9. The Bertz CT molecular complexity index is 677. The first-order chi connectivity index (χ1) is 11.5. The molecule has 0 atom stereocenters. The Balaban J connectivity index is 2.47. The minimum atomic E-state index is -0.542. The first kappa shape index (κ1) is 21.0. The number of benzene rings is 1. The van der Waals surface area contributed by atoms with E-state index in [1.54, 1.807) is 0 Å². The van der Waals surface area contributed by atoms with E-state index in [2.05, 4.69) is 26.8 Å². The van der Waals surface area contributed by atoms with Gasteiger partial charge < -0.3 is 14.0 Å². The van der Waals surface area contributed by atoms with Crippen LogP contribution in [0.2, 0.25) is 0 Å². The highest BCUT2D eigenvalue weighted by atomic mass is 16.7. The Morgan fingerprint density at radius 1 is 0.923 bits per heavy atom. The van der Waals surface area contributed by atoms with Crippen LogP contribution in [0.4, 0.5) is 0 Å². The molecule has 1 aromatic rings. The van der Waals surface area contributed by atoms with E-state index in [1.165, 1.54) is 0 Å². The summed E-state index contributed by atoms with van der Waals surface area (Å²) >= 11 is 0. The summed E-state index contributed by atoms with van der Waals surface area (Å²) in [6.07, 6.45) is 0. The molecule has 0 bridgehead atoms. The fraction of sp³-hybridized carbons (Fsp3) is 0.667. The molecule has 1 aliphatic heterocycles. The second-order valence-electron chi connectivity index (χ2n) is 10.2. The number of hydrogen-bond donors (Lipinski definition) is 0. The highest BCUT2D eigenvalue weighted by molar-refractivity contribution is 6.62. The SMILES string of the molecule is CC(C)(C)OC(=O)c1cc(B2OC(C)(C)C(C)(C)O2)cc(C(C)(C)C)c1. The summed E-state index contributed by atoms with van der Waals surface area (Å²) in [5.41, 5.74) is 0.901. The molecule has 0 N–H and O–H groups in total. The first-order valence-corrected chi connectivity index (χ1v) is 9.26. The van der Waals surface area contributed by atoms with Crippen molar-refractivity contribution in [1.29, 1.82) is 0 Å². The van der Waals surface area contributed by atoms with Crippen molar-refractivity contribution in [3.63, 3.8) is 0 Å². The van der Waals surface area contributed by atoms with Gasteiger partial charge in [-0.1, -0.05) is 26.8 Å². The van der Waals surface area contributed by atoms with Crippen LogP contribution in [0.1, 0.15) is 85.2 Å². The van der Waals surface area contributed by atoms with Gasteiger partial charge in [-0.3, -0.25) is 0 Å². The highest BCUT2D eigenvalue weighted by Gasteiger charge is 2.52. The second-order valence-corrected chi connectivity index (χ2v) is 10.2. The topological polar surface area (TPSA) is 44.8 Å². The van der Waals surface area contributed by atoms with Gasteiger partial charge in [0.15, 0.2) is 0 Å². The largest absolute Gasteiger partial charge is 0.494 e. The lowest BCUT2D eigenvalue weighted by atomic mass is 9.74.